The Hall–Kier alpha value is -2.08. The van der Waals surface area contributed by atoms with Crippen LogP contribution in [-0.4, -0.2) is 13.1 Å². The van der Waals surface area contributed by atoms with Gasteiger partial charge in [0.2, 0.25) is 0 Å². The SMILES string of the molecule is COc1cc(N)cc(C(=O)OCc2cc(F)cc(Br)c2)c1. The van der Waals surface area contributed by atoms with Crippen molar-refractivity contribution in [2.24, 2.45) is 0 Å². The number of hydrogen-bond donors (Lipinski definition) is 1. The summed E-state index contributed by atoms with van der Waals surface area (Å²) < 4.78 is 24.0. The van der Waals surface area contributed by atoms with Crippen LogP contribution in [-0.2, 0) is 11.3 Å². The first-order valence-corrected chi connectivity index (χ1v) is 6.84. The Labute approximate surface area is 129 Å². The van der Waals surface area contributed by atoms with E-state index in [4.69, 9.17) is 15.2 Å². The molecule has 2 rings (SSSR count). The number of halogens is 2. The molecule has 0 saturated heterocycles. The van der Waals surface area contributed by atoms with Crippen LogP contribution in [0.3, 0.4) is 0 Å². The summed E-state index contributed by atoms with van der Waals surface area (Å²) in [7, 11) is 1.48. The van der Waals surface area contributed by atoms with Crippen LogP contribution in [0.5, 0.6) is 5.75 Å². The first-order chi connectivity index (χ1) is 9.97. The number of nitrogen functional groups attached to an aromatic ring is 1. The quantitative estimate of drug-likeness (QED) is 0.674. The van der Waals surface area contributed by atoms with Gasteiger partial charge in [0.15, 0.2) is 0 Å². The lowest BCUT2D eigenvalue weighted by molar-refractivity contribution is 0.0472. The summed E-state index contributed by atoms with van der Waals surface area (Å²) in [6.07, 6.45) is 0. The maximum absolute atomic E-state index is 13.2. The van der Waals surface area contributed by atoms with E-state index >= 15 is 0 Å². The maximum atomic E-state index is 13.2. The molecule has 0 bridgehead atoms. The average Bonchev–Trinajstić information content (AvgIpc) is 2.43. The van der Waals surface area contributed by atoms with E-state index in [2.05, 4.69) is 15.9 Å². The summed E-state index contributed by atoms with van der Waals surface area (Å²) in [6, 6.07) is 8.93. The zero-order valence-electron chi connectivity index (χ0n) is 11.2. The smallest absolute Gasteiger partial charge is 0.338 e. The van der Waals surface area contributed by atoms with Gasteiger partial charge in [0, 0.05) is 16.2 Å². The molecular formula is C15H13BrFNO3. The number of benzene rings is 2. The molecule has 2 N–H and O–H groups in total. The molecule has 0 aliphatic rings. The number of carbonyl (C=O) groups excluding carboxylic acids is 1. The van der Waals surface area contributed by atoms with Gasteiger partial charge in [-0.3, -0.25) is 0 Å². The topological polar surface area (TPSA) is 61.5 Å². The molecule has 0 radical (unpaired) electrons. The summed E-state index contributed by atoms with van der Waals surface area (Å²) in [4.78, 5) is 12.0. The van der Waals surface area contributed by atoms with E-state index in [1.807, 2.05) is 0 Å². The number of anilines is 1. The van der Waals surface area contributed by atoms with E-state index in [1.165, 1.54) is 31.4 Å². The van der Waals surface area contributed by atoms with Gasteiger partial charge < -0.3 is 15.2 Å². The standard InChI is InChI=1S/C15H13BrFNO3/c1-20-14-5-10(4-13(18)7-14)15(19)21-8-9-2-11(16)6-12(17)3-9/h2-7H,8,18H2,1H3. The second-order valence-electron chi connectivity index (χ2n) is 4.35. The van der Waals surface area contributed by atoms with Gasteiger partial charge in [-0.25, -0.2) is 9.18 Å². The van der Waals surface area contributed by atoms with Gasteiger partial charge in [-0.1, -0.05) is 15.9 Å². The minimum Gasteiger partial charge on any atom is -0.497 e. The van der Waals surface area contributed by atoms with Gasteiger partial charge >= 0.3 is 5.97 Å². The van der Waals surface area contributed by atoms with Crippen molar-refractivity contribution < 1.29 is 18.7 Å². The fourth-order valence-corrected chi connectivity index (χ4v) is 2.30. The zero-order chi connectivity index (χ0) is 15.4. The number of hydrogen-bond acceptors (Lipinski definition) is 4. The summed E-state index contributed by atoms with van der Waals surface area (Å²) in [6.45, 7) is -0.0354. The molecule has 0 aliphatic carbocycles. The highest BCUT2D eigenvalue weighted by Gasteiger charge is 2.11. The Morgan fingerprint density at radius 1 is 1.24 bits per heavy atom. The highest BCUT2D eigenvalue weighted by molar-refractivity contribution is 9.10. The van der Waals surface area contributed by atoms with E-state index in [0.717, 1.165) is 0 Å². The normalized spacial score (nSPS) is 10.2. The number of methoxy groups -OCH3 is 1. The van der Waals surface area contributed by atoms with Crippen molar-refractivity contribution in [2.45, 2.75) is 6.61 Å². The molecule has 0 aromatic heterocycles. The first kappa shape index (κ1) is 15.3. The highest BCUT2D eigenvalue weighted by atomic mass is 79.9. The predicted molar refractivity (Wildman–Crippen MR) is 80.6 cm³/mol. The fourth-order valence-electron chi connectivity index (χ4n) is 1.78. The molecular weight excluding hydrogens is 341 g/mol. The van der Waals surface area contributed by atoms with E-state index in [0.29, 0.717) is 21.5 Å². The van der Waals surface area contributed by atoms with Crippen LogP contribution in [0.1, 0.15) is 15.9 Å². The van der Waals surface area contributed by atoms with Crippen molar-refractivity contribution in [3.05, 3.63) is 57.8 Å². The average molecular weight is 354 g/mol. The Morgan fingerprint density at radius 3 is 2.67 bits per heavy atom. The molecule has 0 fully saturated rings. The van der Waals surface area contributed by atoms with Crippen LogP contribution in [0.4, 0.5) is 10.1 Å². The lowest BCUT2D eigenvalue weighted by atomic mass is 10.2. The van der Waals surface area contributed by atoms with Crippen molar-refractivity contribution in [2.75, 3.05) is 12.8 Å². The summed E-state index contributed by atoms with van der Waals surface area (Å²) in [5.74, 6) is -0.488. The Kier molecular flexibility index (Phi) is 4.80. The number of nitrogens with two attached hydrogens (primary N) is 1. The van der Waals surface area contributed by atoms with E-state index in [1.54, 1.807) is 12.1 Å². The van der Waals surface area contributed by atoms with Gasteiger partial charge in [-0.2, -0.15) is 0 Å². The first-order valence-electron chi connectivity index (χ1n) is 6.04. The summed E-state index contributed by atoms with van der Waals surface area (Å²) in [5, 5.41) is 0. The van der Waals surface area contributed by atoms with Crippen molar-refractivity contribution in [3.63, 3.8) is 0 Å². The molecule has 0 atom stereocenters. The van der Waals surface area contributed by atoms with Crippen molar-refractivity contribution in [1.29, 1.82) is 0 Å². The monoisotopic (exact) mass is 353 g/mol. The number of ether oxygens (including phenoxy) is 2. The number of rotatable bonds is 4. The summed E-state index contributed by atoms with van der Waals surface area (Å²) in [5.41, 5.74) is 6.90. The van der Waals surface area contributed by atoms with E-state index in [-0.39, 0.29) is 12.2 Å². The van der Waals surface area contributed by atoms with E-state index in [9.17, 15) is 9.18 Å². The Morgan fingerprint density at radius 2 is 2.00 bits per heavy atom. The third-order valence-electron chi connectivity index (χ3n) is 2.69. The lowest BCUT2D eigenvalue weighted by Crippen LogP contribution is -2.06. The molecule has 0 amide bonds. The summed E-state index contributed by atoms with van der Waals surface area (Å²) >= 11 is 3.18. The van der Waals surface area contributed by atoms with Gasteiger partial charge in [0.05, 0.1) is 12.7 Å². The van der Waals surface area contributed by atoms with Crippen LogP contribution < -0.4 is 10.5 Å². The number of esters is 1. The molecule has 0 unspecified atom stereocenters. The fraction of sp³-hybridized carbons (Fsp3) is 0.133. The highest BCUT2D eigenvalue weighted by Crippen LogP contribution is 2.20. The molecule has 6 heteroatoms. The largest absolute Gasteiger partial charge is 0.497 e. The molecule has 2 aromatic carbocycles. The van der Waals surface area contributed by atoms with Crippen LogP contribution in [0.2, 0.25) is 0 Å². The van der Waals surface area contributed by atoms with Crippen LogP contribution in [0.25, 0.3) is 0 Å². The Balaban J connectivity index is 2.09. The van der Waals surface area contributed by atoms with E-state index < -0.39 is 11.8 Å². The lowest BCUT2D eigenvalue weighted by Gasteiger charge is -2.08. The van der Waals surface area contributed by atoms with Gasteiger partial charge in [-0.15, -0.1) is 0 Å². The van der Waals surface area contributed by atoms with Gasteiger partial charge in [-0.05, 0) is 35.9 Å². The molecule has 0 heterocycles. The van der Waals surface area contributed by atoms with Crippen LogP contribution >= 0.6 is 15.9 Å². The minimum atomic E-state index is -0.555. The van der Waals surface area contributed by atoms with Gasteiger partial charge in [0.1, 0.15) is 18.2 Å². The third-order valence-corrected chi connectivity index (χ3v) is 3.15. The zero-order valence-corrected chi connectivity index (χ0v) is 12.8. The number of carbonyl (C=O) groups is 1. The maximum Gasteiger partial charge on any atom is 0.338 e. The van der Waals surface area contributed by atoms with Crippen molar-refractivity contribution in [1.82, 2.24) is 0 Å². The minimum absolute atomic E-state index is 0.0354. The van der Waals surface area contributed by atoms with Crippen molar-refractivity contribution >= 4 is 27.6 Å². The van der Waals surface area contributed by atoms with Crippen LogP contribution in [0.15, 0.2) is 40.9 Å². The Bertz CT molecular complexity index is 656. The third kappa shape index (κ3) is 4.19. The second kappa shape index (κ2) is 6.58. The molecule has 0 saturated carbocycles. The molecule has 4 nitrogen and oxygen atoms in total. The molecule has 0 aliphatic heterocycles. The van der Waals surface area contributed by atoms with Crippen LogP contribution in [0, 0.1) is 5.82 Å². The molecule has 2 aromatic rings. The van der Waals surface area contributed by atoms with Crippen molar-refractivity contribution in [3.8, 4) is 5.75 Å². The molecule has 21 heavy (non-hydrogen) atoms. The van der Waals surface area contributed by atoms with Gasteiger partial charge in [0.25, 0.3) is 0 Å². The predicted octanol–water partition coefficient (Wildman–Crippen LogP) is 3.54. The molecule has 110 valence electrons. The molecule has 0 spiro atoms. The second-order valence-corrected chi connectivity index (χ2v) is 5.26.